The molecule has 2 atom stereocenters. The highest BCUT2D eigenvalue weighted by atomic mass is 16.6. The van der Waals surface area contributed by atoms with Gasteiger partial charge in [-0.2, -0.15) is 0 Å². The van der Waals surface area contributed by atoms with Crippen molar-refractivity contribution in [3.8, 4) is 0 Å². The SMILES string of the molecule is O=c1oc2ccccc2c(CC2CO2)c1CC1CO1. The molecule has 2 saturated heterocycles. The minimum absolute atomic E-state index is 0.183. The summed E-state index contributed by atoms with van der Waals surface area (Å²) in [5.74, 6) is 0. The van der Waals surface area contributed by atoms with Crippen molar-refractivity contribution in [2.45, 2.75) is 25.0 Å². The highest BCUT2D eigenvalue weighted by Crippen LogP contribution is 2.27. The summed E-state index contributed by atoms with van der Waals surface area (Å²) in [6.45, 7) is 1.53. The van der Waals surface area contributed by atoms with Gasteiger partial charge in [0, 0.05) is 23.8 Å². The summed E-state index contributed by atoms with van der Waals surface area (Å²) in [7, 11) is 0. The normalized spacial score (nSPS) is 24.6. The Kier molecular flexibility index (Phi) is 2.47. The number of epoxide rings is 2. The standard InChI is InChI=1S/C15H14O4/c16-15-13(6-10-8-18-10)12(5-9-7-17-9)11-3-1-2-4-14(11)19-15/h1-4,9-10H,5-8H2. The van der Waals surface area contributed by atoms with E-state index in [1.807, 2.05) is 24.3 Å². The lowest BCUT2D eigenvalue weighted by molar-refractivity contribution is 0.398. The topological polar surface area (TPSA) is 55.3 Å². The maximum atomic E-state index is 12.2. The van der Waals surface area contributed by atoms with Gasteiger partial charge in [-0.15, -0.1) is 0 Å². The lowest BCUT2D eigenvalue weighted by atomic mass is 9.97. The molecule has 0 amide bonds. The maximum absolute atomic E-state index is 12.2. The molecule has 1 aromatic carbocycles. The smallest absolute Gasteiger partial charge is 0.339 e. The zero-order valence-electron chi connectivity index (χ0n) is 10.4. The van der Waals surface area contributed by atoms with E-state index in [4.69, 9.17) is 13.9 Å². The number of hydrogen-bond acceptors (Lipinski definition) is 4. The van der Waals surface area contributed by atoms with Crippen molar-refractivity contribution in [3.05, 3.63) is 45.8 Å². The van der Waals surface area contributed by atoms with Gasteiger partial charge in [0.1, 0.15) is 5.58 Å². The summed E-state index contributed by atoms with van der Waals surface area (Å²) >= 11 is 0. The maximum Gasteiger partial charge on any atom is 0.339 e. The minimum atomic E-state index is -0.232. The first-order valence-corrected chi connectivity index (χ1v) is 6.58. The second kappa shape index (κ2) is 4.18. The van der Waals surface area contributed by atoms with E-state index in [0.717, 1.165) is 36.1 Å². The van der Waals surface area contributed by atoms with Crippen LogP contribution in [0.1, 0.15) is 11.1 Å². The van der Waals surface area contributed by atoms with Crippen molar-refractivity contribution in [2.24, 2.45) is 0 Å². The highest BCUT2D eigenvalue weighted by molar-refractivity contribution is 5.81. The van der Waals surface area contributed by atoms with E-state index in [0.29, 0.717) is 12.0 Å². The molecule has 2 aliphatic rings. The fourth-order valence-corrected chi connectivity index (χ4v) is 2.52. The highest BCUT2D eigenvalue weighted by Gasteiger charge is 2.30. The molecular formula is C15H14O4. The molecular weight excluding hydrogens is 244 g/mol. The van der Waals surface area contributed by atoms with E-state index >= 15 is 0 Å². The Morgan fingerprint density at radius 2 is 1.63 bits per heavy atom. The molecule has 0 saturated carbocycles. The number of fused-ring (bicyclic) bond motifs is 1. The molecule has 0 aliphatic carbocycles. The van der Waals surface area contributed by atoms with E-state index in [2.05, 4.69) is 0 Å². The Bertz CT molecular complexity index is 680. The van der Waals surface area contributed by atoms with Crippen LogP contribution in [0.4, 0.5) is 0 Å². The number of rotatable bonds is 4. The van der Waals surface area contributed by atoms with Gasteiger partial charge in [0.05, 0.1) is 25.4 Å². The van der Waals surface area contributed by atoms with Gasteiger partial charge in [0.15, 0.2) is 0 Å². The molecule has 0 N–H and O–H groups in total. The summed E-state index contributed by atoms with van der Waals surface area (Å²) in [6.07, 6.45) is 1.87. The average molecular weight is 258 g/mol. The molecule has 4 nitrogen and oxygen atoms in total. The minimum Gasteiger partial charge on any atom is -0.423 e. The Morgan fingerprint density at radius 1 is 1.00 bits per heavy atom. The first kappa shape index (κ1) is 11.2. The van der Waals surface area contributed by atoms with Crippen LogP contribution in [0.15, 0.2) is 33.5 Å². The third-order valence-electron chi connectivity index (χ3n) is 3.69. The number of ether oxygens (including phenoxy) is 2. The van der Waals surface area contributed by atoms with Crippen LogP contribution in [0.25, 0.3) is 11.0 Å². The second-order valence-electron chi connectivity index (χ2n) is 5.16. The van der Waals surface area contributed by atoms with Gasteiger partial charge in [-0.05, 0) is 11.6 Å². The summed E-state index contributed by atoms with van der Waals surface area (Å²) < 4.78 is 16.0. The lowest BCUT2D eigenvalue weighted by Crippen LogP contribution is -2.15. The van der Waals surface area contributed by atoms with E-state index in [9.17, 15) is 4.79 Å². The van der Waals surface area contributed by atoms with Crippen LogP contribution in [0.5, 0.6) is 0 Å². The molecule has 2 aliphatic heterocycles. The molecule has 2 fully saturated rings. The second-order valence-corrected chi connectivity index (χ2v) is 5.16. The van der Waals surface area contributed by atoms with Gasteiger partial charge in [0.25, 0.3) is 0 Å². The molecule has 4 rings (SSSR count). The number of para-hydroxylation sites is 1. The van der Waals surface area contributed by atoms with Crippen LogP contribution < -0.4 is 5.63 Å². The zero-order chi connectivity index (χ0) is 12.8. The van der Waals surface area contributed by atoms with Crippen molar-refractivity contribution in [1.29, 1.82) is 0 Å². The molecule has 2 unspecified atom stereocenters. The van der Waals surface area contributed by atoms with Gasteiger partial charge >= 0.3 is 5.63 Å². The number of hydrogen-bond donors (Lipinski definition) is 0. The Labute approximate surface area is 109 Å². The van der Waals surface area contributed by atoms with E-state index in [-0.39, 0.29) is 17.8 Å². The van der Waals surface area contributed by atoms with Crippen molar-refractivity contribution in [1.82, 2.24) is 0 Å². The van der Waals surface area contributed by atoms with Crippen LogP contribution in [0.3, 0.4) is 0 Å². The van der Waals surface area contributed by atoms with Crippen molar-refractivity contribution in [2.75, 3.05) is 13.2 Å². The molecule has 4 heteroatoms. The Balaban J connectivity index is 1.89. The molecule has 2 aromatic rings. The van der Waals surface area contributed by atoms with Crippen LogP contribution in [0.2, 0.25) is 0 Å². The molecule has 98 valence electrons. The lowest BCUT2D eigenvalue weighted by Gasteiger charge is -2.09. The van der Waals surface area contributed by atoms with Gasteiger partial charge in [-0.1, -0.05) is 18.2 Å². The predicted octanol–water partition coefficient (Wildman–Crippen LogP) is 1.68. The van der Waals surface area contributed by atoms with Crippen molar-refractivity contribution >= 4 is 11.0 Å². The van der Waals surface area contributed by atoms with Gasteiger partial charge < -0.3 is 13.9 Å². The van der Waals surface area contributed by atoms with Gasteiger partial charge in [-0.25, -0.2) is 4.79 Å². The molecule has 19 heavy (non-hydrogen) atoms. The summed E-state index contributed by atoms with van der Waals surface area (Å²) in [4.78, 5) is 12.2. The van der Waals surface area contributed by atoms with Crippen LogP contribution in [-0.2, 0) is 22.3 Å². The summed E-state index contributed by atoms with van der Waals surface area (Å²) in [6, 6.07) is 7.70. The molecule has 3 heterocycles. The molecule has 0 spiro atoms. The fourth-order valence-electron chi connectivity index (χ4n) is 2.52. The third kappa shape index (κ3) is 2.17. The largest absolute Gasteiger partial charge is 0.423 e. The first-order chi connectivity index (χ1) is 9.31. The summed E-state index contributed by atoms with van der Waals surface area (Å²) in [5.41, 5.74) is 2.26. The quantitative estimate of drug-likeness (QED) is 0.618. The average Bonchev–Trinajstić information content (AvgIpc) is 3.28. The Morgan fingerprint density at radius 3 is 2.32 bits per heavy atom. The Hall–Kier alpha value is -1.65. The van der Waals surface area contributed by atoms with E-state index < -0.39 is 0 Å². The van der Waals surface area contributed by atoms with Gasteiger partial charge in [-0.3, -0.25) is 0 Å². The molecule has 0 radical (unpaired) electrons. The van der Waals surface area contributed by atoms with Crippen molar-refractivity contribution < 1.29 is 13.9 Å². The molecule has 1 aromatic heterocycles. The van der Waals surface area contributed by atoms with Crippen LogP contribution >= 0.6 is 0 Å². The third-order valence-corrected chi connectivity index (χ3v) is 3.69. The van der Waals surface area contributed by atoms with Crippen LogP contribution in [0, 0.1) is 0 Å². The molecule has 0 bridgehead atoms. The van der Waals surface area contributed by atoms with Crippen LogP contribution in [-0.4, -0.2) is 25.4 Å². The van der Waals surface area contributed by atoms with E-state index in [1.165, 1.54) is 0 Å². The van der Waals surface area contributed by atoms with Crippen molar-refractivity contribution in [3.63, 3.8) is 0 Å². The summed E-state index contributed by atoms with van der Waals surface area (Å²) in [5, 5.41) is 1.02. The predicted molar refractivity (Wildman–Crippen MR) is 69.4 cm³/mol. The van der Waals surface area contributed by atoms with Gasteiger partial charge in [0.2, 0.25) is 0 Å². The first-order valence-electron chi connectivity index (χ1n) is 6.58. The number of benzene rings is 1. The van der Waals surface area contributed by atoms with E-state index in [1.54, 1.807) is 0 Å². The zero-order valence-corrected chi connectivity index (χ0v) is 10.4. The fraction of sp³-hybridized carbons (Fsp3) is 0.400. The monoisotopic (exact) mass is 258 g/mol.